The van der Waals surface area contributed by atoms with Crippen molar-refractivity contribution in [2.24, 2.45) is 0 Å². The van der Waals surface area contributed by atoms with Crippen LogP contribution in [0, 0.1) is 13.8 Å². The second kappa shape index (κ2) is 7.55. The Labute approximate surface area is 167 Å². The minimum atomic E-state index is -0.0629. The van der Waals surface area contributed by atoms with Crippen LogP contribution < -0.4 is 10.1 Å². The molecule has 0 aliphatic carbocycles. The Balaban J connectivity index is 1.47. The summed E-state index contributed by atoms with van der Waals surface area (Å²) >= 11 is 1.37. The maximum Gasteiger partial charge on any atom is 0.273 e. The molecule has 1 N–H and O–H groups in total. The number of ether oxygens (including phenoxy) is 1. The summed E-state index contributed by atoms with van der Waals surface area (Å²) in [6.45, 7) is 5.08. The number of fused-ring (bicyclic) bond motifs is 1. The highest BCUT2D eigenvalue weighted by Crippen LogP contribution is 2.26. The molecule has 3 heterocycles. The summed E-state index contributed by atoms with van der Waals surface area (Å²) in [4.78, 5) is 27.9. The van der Waals surface area contributed by atoms with Crippen molar-refractivity contribution < 1.29 is 9.53 Å². The van der Waals surface area contributed by atoms with Crippen LogP contribution in [0.5, 0.6) is 5.75 Å². The molecule has 0 unspecified atom stereocenters. The van der Waals surface area contributed by atoms with Crippen LogP contribution in [-0.2, 0) is 13.0 Å². The molecule has 0 saturated heterocycles. The lowest BCUT2D eigenvalue weighted by atomic mass is 9.99. The Kier molecular flexibility index (Phi) is 4.95. The third-order valence-corrected chi connectivity index (χ3v) is 5.39. The number of nitrogens with zero attached hydrogens (tertiary/aromatic N) is 4. The van der Waals surface area contributed by atoms with Gasteiger partial charge in [-0.1, -0.05) is 6.07 Å². The number of amides is 1. The van der Waals surface area contributed by atoms with Crippen molar-refractivity contribution >= 4 is 28.3 Å². The van der Waals surface area contributed by atoms with Gasteiger partial charge in [-0.15, -0.1) is 11.3 Å². The number of hydrogen-bond donors (Lipinski definition) is 1. The highest BCUT2D eigenvalue weighted by molar-refractivity contribution is 7.14. The van der Waals surface area contributed by atoms with Gasteiger partial charge in [0.25, 0.3) is 5.91 Å². The van der Waals surface area contributed by atoms with Crippen molar-refractivity contribution in [1.82, 2.24) is 19.9 Å². The summed E-state index contributed by atoms with van der Waals surface area (Å²) in [6, 6.07) is 7.91. The van der Waals surface area contributed by atoms with E-state index in [1.165, 1.54) is 16.9 Å². The summed E-state index contributed by atoms with van der Waals surface area (Å²) in [5.41, 5.74) is 4.58. The number of thiazole rings is 1. The number of aromatic nitrogens is 3. The normalized spacial score (nSPS) is 13.2. The highest BCUT2D eigenvalue weighted by Gasteiger charge is 2.24. The second-order valence-electron chi connectivity index (χ2n) is 6.75. The van der Waals surface area contributed by atoms with Crippen molar-refractivity contribution in [2.45, 2.75) is 26.8 Å². The lowest BCUT2D eigenvalue weighted by Gasteiger charge is -2.28. The molecular weight excluding hydrogens is 374 g/mol. The Bertz CT molecular complexity index is 1010. The van der Waals surface area contributed by atoms with Crippen LogP contribution in [0.2, 0.25) is 0 Å². The molecule has 0 spiro atoms. The van der Waals surface area contributed by atoms with Crippen molar-refractivity contribution in [3.05, 3.63) is 57.9 Å². The molecule has 0 saturated carbocycles. The highest BCUT2D eigenvalue weighted by atomic mass is 32.1. The van der Waals surface area contributed by atoms with Crippen LogP contribution in [0.1, 0.15) is 33.0 Å². The Morgan fingerprint density at radius 1 is 1.14 bits per heavy atom. The van der Waals surface area contributed by atoms with Crippen LogP contribution >= 0.6 is 11.3 Å². The molecule has 1 aliphatic heterocycles. The fourth-order valence-corrected chi connectivity index (χ4v) is 3.98. The number of rotatable bonds is 4. The maximum atomic E-state index is 12.9. The van der Waals surface area contributed by atoms with E-state index in [-0.39, 0.29) is 5.91 Å². The van der Waals surface area contributed by atoms with Gasteiger partial charge in [-0.2, -0.15) is 0 Å². The van der Waals surface area contributed by atoms with E-state index < -0.39 is 0 Å². The lowest BCUT2D eigenvalue weighted by molar-refractivity contribution is 0.0729. The molecule has 0 radical (unpaired) electrons. The topological polar surface area (TPSA) is 80.2 Å². The SMILES string of the molecule is COc1ccc2c(c1)CCN(C(=O)c1csc(Nc3nc(C)cc(C)n3)n1)C2. The van der Waals surface area contributed by atoms with Crippen LogP contribution in [0.25, 0.3) is 0 Å². The average Bonchev–Trinajstić information content (AvgIpc) is 3.14. The number of benzene rings is 1. The predicted octanol–water partition coefficient (Wildman–Crippen LogP) is 3.50. The van der Waals surface area contributed by atoms with Crippen LogP contribution in [0.3, 0.4) is 0 Å². The van der Waals surface area contributed by atoms with Gasteiger partial charge in [0, 0.05) is 29.9 Å². The molecule has 8 heteroatoms. The monoisotopic (exact) mass is 395 g/mol. The Morgan fingerprint density at radius 3 is 2.68 bits per heavy atom. The van der Waals surface area contributed by atoms with Gasteiger partial charge >= 0.3 is 0 Å². The first-order valence-corrected chi connectivity index (χ1v) is 9.89. The van der Waals surface area contributed by atoms with Crippen LogP contribution in [0.15, 0.2) is 29.6 Å². The molecule has 0 bridgehead atoms. The smallest absolute Gasteiger partial charge is 0.273 e. The first-order valence-electron chi connectivity index (χ1n) is 9.02. The van der Waals surface area contributed by atoms with Crippen LogP contribution in [0.4, 0.5) is 11.1 Å². The predicted molar refractivity (Wildman–Crippen MR) is 108 cm³/mol. The zero-order chi connectivity index (χ0) is 19.7. The van der Waals surface area contributed by atoms with E-state index in [1.54, 1.807) is 12.5 Å². The van der Waals surface area contributed by atoms with Crippen molar-refractivity contribution in [1.29, 1.82) is 0 Å². The van der Waals surface area contributed by atoms with E-state index in [9.17, 15) is 4.79 Å². The fourth-order valence-electron chi connectivity index (χ4n) is 3.30. The molecular formula is C20H21N5O2S. The molecule has 1 aliphatic rings. The summed E-state index contributed by atoms with van der Waals surface area (Å²) in [5.74, 6) is 1.28. The number of carbonyl (C=O) groups excluding carboxylic acids is 1. The van der Waals surface area contributed by atoms with Gasteiger partial charge in [0.1, 0.15) is 11.4 Å². The van der Waals surface area contributed by atoms with Crippen molar-refractivity contribution in [2.75, 3.05) is 19.0 Å². The van der Waals surface area contributed by atoms with Gasteiger partial charge in [0.05, 0.1) is 7.11 Å². The molecule has 7 nitrogen and oxygen atoms in total. The molecule has 2 aromatic heterocycles. The number of nitrogens with one attached hydrogen (secondary N) is 1. The first kappa shape index (κ1) is 18.4. The molecule has 4 rings (SSSR count). The second-order valence-corrected chi connectivity index (χ2v) is 7.61. The molecule has 1 amide bonds. The van der Waals surface area contributed by atoms with Gasteiger partial charge < -0.3 is 15.0 Å². The molecule has 3 aromatic rings. The minimum absolute atomic E-state index is 0.0629. The van der Waals surface area contributed by atoms with Crippen molar-refractivity contribution in [3.63, 3.8) is 0 Å². The molecule has 144 valence electrons. The average molecular weight is 395 g/mol. The summed E-state index contributed by atoms with van der Waals surface area (Å²) < 4.78 is 5.28. The van der Waals surface area contributed by atoms with Gasteiger partial charge in [0.2, 0.25) is 5.95 Å². The van der Waals surface area contributed by atoms with E-state index in [0.717, 1.165) is 29.1 Å². The van der Waals surface area contributed by atoms with E-state index in [4.69, 9.17) is 4.74 Å². The summed E-state index contributed by atoms with van der Waals surface area (Å²) in [7, 11) is 1.66. The third-order valence-electron chi connectivity index (χ3n) is 4.64. The van der Waals surface area contributed by atoms with E-state index in [0.29, 0.717) is 29.9 Å². The van der Waals surface area contributed by atoms with Gasteiger partial charge in [-0.25, -0.2) is 15.0 Å². The molecule has 0 atom stereocenters. The number of methoxy groups -OCH3 is 1. The summed E-state index contributed by atoms with van der Waals surface area (Å²) in [6.07, 6.45) is 0.809. The maximum absolute atomic E-state index is 12.9. The van der Waals surface area contributed by atoms with Crippen molar-refractivity contribution in [3.8, 4) is 5.75 Å². The molecule has 0 fully saturated rings. The fraction of sp³-hybridized carbons (Fsp3) is 0.300. The van der Waals surface area contributed by atoms with E-state index in [1.807, 2.05) is 43.0 Å². The Morgan fingerprint density at radius 2 is 1.93 bits per heavy atom. The lowest BCUT2D eigenvalue weighted by Crippen LogP contribution is -2.36. The van der Waals surface area contributed by atoms with Crippen LogP contribution in [-0.4, -0.2) is 39.4 Å². The third kappa shape index (κ3) is 3.82. The van der Waals surface area contributed by atoms with Gasteiger partial charge in [-0.05, 0) is 49.6 Å². The number of aryl methyl sites for hydroxylation is 2. The largest absolute Gasteiger partial charge is 0.497 e. The molecule has 1 aromatic carbocycles. The van der Waals surface area contributed by atoms with E-state index in [2.05, 4.69) is 20.3 Å². The van der Waals surface area contributed by atoms with E-state index >= 15 is 0 Å². The first-order chi connectivity index (χ1) is 13.5. The van der Waals surface area contributed by atoms with Gasteiger partial charge in [-0.3, -0.25) is 4.79 Å². The summed E-state index contributed by atoms with van der Waals surface area (Å²) in [5, 5.41) is 5.47. The number of carbonyl (C=O) groups is 1. The number of anilines is 2. The van der Waals surface area contributed by atoms with Gasteiger partial charge in [0.15, 0.2) is 5.13 Å². The Hall–Kier alpha value is -3.00. The zero-order valence-electron chi connectivity index (χ0n) is 16.0. The molecule has 28 heavy (non-hydrogen) atoms. The number of hydrogen-bond acceptors (Lipinski definition) is 7. The standard InChI is InChI=1S/C20H21N5O2S/c1-12-8-13(2)22-19(21-12)24-20-23-17(11-28-20)18(26)25-7-6-14-9-16(27-3)5-4-15(14)10-25/h4-5,8-9,11H,6-7,10H2,1-3H3,(H,21,22,23,24). The quantitative estimate of drug-likeness (QED) is 0.728. The minimum Gasteiger partial charge on any atom is -0.497 e. The zero-order valence-corrected chi connectivity index (χ0v) is 16.8.